The van der Waals surface area contributed by atoms with Crippen molar-refractivity contribution in [2.45, 2.75) is 38.8 Å². The molecule has 0 aliphatic carbocycles. The molecule has 0 aliphatic rings. The Labute approximate surface area is 135 Å². The van der Waals surface area contributed by atoms with Crippen molar-refractivity contribution in [3.63, 3.8) is 0 Å². The van der Waals surface area contributed by atoms with Crippen LogP contribution in [-0.4, -0.2) is 18.0 Å². The van der Waals surface area contributed by atoms with Gasteiger partial charge in [0.15, 0.2) is 0 Å². The molecular formula is C14H17Br2NO3. The summed E-state index contributed by atoms with van der Waals surface area (Å²) in [5, 5.41) is 2.71. The van der Waals surface area contributed by atoms with Crippen LogP contribution >= 0.6 is 31.9 Å². The van der Waals surface area contributed by atoms with Crippen LogP contribution in [0.2, 0.25) is 0 Å². The van der Waals surface area contributed by atoms with Gasteiger partial charge in [0.05, 0.1) is 6.04 Å². The Morgan fingerprint density at radius 3 is 2.30 bits per heavy atom. The summed E-state index contributed by atoms with van der Waals surface area (Å²) < 4.78 is 6.94. The van der Waals surface area contributed by atoms with E-state index in [-0.39, 0.29) is 6.42 Å². The molecule has 6 heteroatoms. The zero-order valence-electron chi connectivity index (χ0n) is 11.6. The van der Waals surface area contributed by atoms with Gasteiger partial charge < -0.3 is 14.8 Å². The minimum absolute atomic E-state index is 0.183. The molecule has 20 heavy (non-hydrogen) atoms. The number of aldehydes is 1. The zero-order chi connectivity index (χ0) is 15.3. The van der Waals surface area contributed by atoms with Crippen LogP contribution in [-0.2, 0) is 9.53 Å². The third-order valence-electron chi connectivity index (χ3n) is 2.31. The summed E-state index contributed by atoms with van der Waals surface area (Å²) in [4.78, 5) is 22.6. The van der Waals surface area contributed by atoms with Crippen LogP contribution in [0.15, 0.2) is 27.1 Å². The second kappa shape index (κ2) is 7.22. The monoisotopic (exact) mass is 405 g/mol. The van der Waals surface area contributed by atoms with E-state index in [0.29, 0.717) is 0 Å². The lowest BCUT2D eigenvalue weighted by atomic mass is 10.0. The van der Waals surface area contributed by atoms with E-state index in [9.17, 15) is 9.59 Å². The van der Waals surface area contributed by atoms with Gasteiger partial charge in [-0.05, 0) is 44.5 Å². The summed E-state index contributed by atoms with van der Waals surface area (Å²) in [7, 11) is 0. The Morgan fingerprint density at radius 1 is 1.30 bits per heavy atom. The predicted octanol–water partition coefficient (Wildman–Crippen LogP) is 4.37. The first-order chi connectivity index (χ1) is 9.21. The standard InChI is InChI=1S/C14H17Br2NO3/c1-14(2,3)20-13(19)17-12(4-5-18)9-6-10(15)8-11(16)7-9/h5-8,12H,4H2,1-3H3,(H,17,19)/t12-/m1/s1. The molecule has 0 heterocycles. The molecule has 1 N–H and O–H groups in total. The molecule has 0 fully saturated rings. The Hall–Kier alpha value is -0.880. The molecule has 0 aliphatic heterocycles. The van der Waals surface area contributed by atoms with Crippen LogP contribution in [0.3, 0.4) is 0 Å². The first-order valence-electron chi connectivity index (χ1n) is 6.10. The molecule has 0 saturated heterocycles. The van der Waals surface area contributed by atoms with Gasteiger partial charge >= 0.3 is 6.09 Å². The van der Waals surface area contributed by atoms with E-state index in [1.165, 1.54) is 0 Å². The lowest BCUT2D eigenvalue weighted by Crippen LogP contribution is -2.35. The summed E-state index contributed by atoms with van der Waals surface area (Å²) >= 11 is 6.77. The second-order valence-corrected chi connectivity index (χ2v) is 7.14. The highest BCUT2D eigenvalue weighted by atomic mass is 79.9. The van der Waals surface area contributed by atoms with Gasteiger partial charge in [-0.3, -0.25) is 0 Å². The van der Waals surface area contributed by atoms with Gasteiger partial charge in [-0.25, -0.2) is 4.79 Å². The van der Waals surface area contributed by atoms with E-state index in [4.69, 9.17) is 4.74 Å². The first kappa shape index (κ1) is 17.2. The minimum atomic E-state index is -0.576. The van der Waals surface area contributed by atoms with Crippen molar-refractivity contribution in [3.05, 3.63) is 32.7 Å². The third kappa shape index (κ3) is 6.05. The lowest BCUT2D eigenvalue weighted by molar-refractivity contribution is -0.108. The number of alkyl carbamates (subject to hydrolysis) is 1. The molecule has 4 nitrogen and oxygen atoms in total. The Balaban J connectivity index is 2.88. The number of rotatable bonds is 4. The summed E-state index contributed by atoms with van der Waals surface area (Å²) in [5.74, 6) is 0. The topological polar surface area (TPSA) is 55.4 Å². The number of benzene rings is 1. The highest BCUT2D eigenvalue weighted by molar-refractivity contribution is 9.11. The van der Waals surface area contributed by atoms with Crippen LogP contribution in [0.25, 0.3) is 0 Å². The second-order valence-electron chi connectivity index (χ2n) is 5.30. The smallest absolute Gasteiger partial charge is 0.408 e. The van der Waals surface area contributed by atoms with Crippen LogP contribution in [0.4, 0.5) is 4.79 Å². The SMILES string of the molecule is CC(C)(C)OC(=O)N[C@H](CC=O)c1cc(Br)cc(Br)c1. The van der Waals surface area contributed by atoms with Crippen molar-refractivity contribution >= 4 is 44.2 Å². The Kier molecular flexibility index (Phi) is 6.20. The number of carbonyl (C=O) groups is 2. The predicted molar refractivity (Wildman–Crippen MR) is 84.6 cm³/mol. The molecule has 110 valence electrons. The summed E-state index contributed by atoms with van der Waals surface area (Å²) in [6, 6.07) is 5.18. The fourth-order valence-corrected chi connectivity index (χ4v) is 2.93. The van der Waals surface area contributed by atoms with E-state index in [1.54, 1.807) is 20.8 Å². The molecule has 0 aromatic heterocycles. The van der Waals surface area contributed by atoms with Gasteiger partial charge in [-0.15, -0.1) is 0 Å². The quantitative estimate of drug-likeness (QED) is 0.755. The van der Waals surface area contributed by atoms with Gasteiger partial charge in [-0.2, -0.15) is 0 Å². The summed E-state index contributed by atoms with van der Waals surface area (Å²) in [5.41, 5.74) is 0.248. The normalized spacial score (nSPS) is 12.7. The fraction of sp³-hybridized carbons (Fsp3) is 0.429. The van der Waals surface area contributed by atoms with E-state index in [1.807, 2.05) is 18.2 Å². The number of hydrogen-bond donors (Lipinski definition) is 1. The van der Waals surface area contributed by atoms with Crippen LogP contribution in [0.1, 0.15) is 38.8 Å². The molecule has 0 spiro atoms. The average Bonchev–Trinajstić information content (AvgIpc) is 2.24. The molecule has 1 atom stereocenters. The van der Waals surface area contributed by atoms with Crippen LogP contribution < -0.4 is 5.32 Å². The van der Waals surface area contributed by atoms with Gasteiger partial charge in [0.25, 0.3) is 0 Å². The lowest BCUT2D eigenvalue weighted by Gasteiger charge is -2.23. The molecule has 1 rings (SSSR count). The molecule has 1 aromatic carbocycles. The Bertz CT molecular complexity index is 477. The largest absolute Gasteiger partial charge is 0.444 e. The van der Waals surface area contributed by atoms with Crippen molar-refractivity contribution in [2.75, 3.05) is 0 Å². The number of ether oxygens (including phenoxy) is 1. The van der Waals surface area contributed by atoms with E-state index in [2.05, 4.69) is 37.2 Å². The van der Waals surface area contributed by atoms with E-state index < -0.39 is 17.7 Å². The number of amides is 1. The number of nitrogens with one attached hydrogen (secondary N) is 1. The third-order valence-corrected chi connectivity index (χ3v) is 3.23. The van der Waals surface area contributed by atoms with Gasteiger partial charge in [0, 0.05) is 15.4 Å². The highest BCUT2D eigenvalue weighted by Crippen LogP contribution is 2.25. The Morgan fingerprint density at radius 2 is 1.85 bits per heavy atom. The van der Waals surface area contributed by atoms with Crippen molar-refractivity contribution in [1.82, 2.24) is 5.32 Å². The fourth-order valence-electron chi connectivity index (χ4n) is 1.60. The minimum Gasteiger partial charge on any atom is -0.444 e. The van der Waals surface area contributed by atoms with Gasteiger partial charge in [0.1, 0.15) is 11.9 Å². The number of hydrogen-bond acceptors (Lipinski definition) is 3. The van der Waals surface area contributed by atoms with Crippen molar-refractivity contribution in [1.29, 1.82) is 0 Å². The molecule has 1 aromatic rings. The van der Waals surface area contributed by atoms with Crippen LogP contribution in [0, 0.1) is 0 Å². The average molecular weight is 407 g/mol. The molecule has 0 unspecified atom stereocenters. The zero-order valence-corrected chi connectivity index (χ0v) is 14.7. The maximum absolute atomic E-state index is 11.8. The maximum Gasteiger partial charge on any atom is 0.408 e. The van der Waals surface area contributed by atoms with Gasteiger partial charge in [0.2, 0.25) is 0 Å². The van der Waals surface area contributed by atoms with Crippen LogP contribution in [0.5, 0.6) is 0 Å². The first-order valence-corrected chi connectivity index (χ1v) is 7.69. The summed E-state index contributed by atoms with van der Waals surface area (Å²) in [6.07, 6.45) is 0.416. The number of halogens is 2. The van der Waals surface area contributed by atoms with Gasteiger partial charge in [-0.1, -0.05) is 31.9 Å². The van der Waals surface area contributed by atoms with Crippen molar-refractivity contribution < 1.29 is 14.3 Å². The molecule has 1 amide bonds. The van der Waals surface area contributed by atoms with E-state index in [0.717, 1.165) is 20.8 Å². The molecule has 0 bridgehead atoms. The molecular weight excluding hydrogens is 390 g/mol. The van der Waals surface area contributed by atoms with Crippen molar-refractivity contribution in [2.24, 2.45) is 0 Å². The van der Waals surface area contributed by atoms with E-state index >= 15 is 0 Å². The maximum atomic E-state index is 11.8. The summed E-state index contributed by atoms with van der Waals surface area (Å²) in [6.45, 7) is 5.37. The van der Waals surface area contributed by atoms with Crippen molar-refractivity contribution in [3.8, 4) is 0 Å². The molecule has 0 saturated carbocycles. The number of carbonyl (C=O) groups excluding carboxylic acids is 2. The highest BCUT2D eigenvalue weighted by Gasteiger charge is 2.20. The molecule has 0 radical (unpaired) electrons.